The number of hydrogen-bond donors (Lipinski definition) is 0. The number of aryl methyl sites for hydroxylation is 1. The van der Waals surface area contributed by atoms with Gasteiger partial charge in [-0.25, -0.2) is 0 Å². The standard InChI is InChI=1S/C19H28N2O2/c1-19(2,3)15-10-8-9-14-13(12-21(6)17(14)15)11-16(20(4)5)18(22)23-7/h8-10,12,16H,11H2,1-7H3. The number of aromatic nitrogens is 1. The van der Waals surface area contributed by atoms with Crippen LogP contribution in [0, 0.1) is 0 Å². The first-order chi connectivity index (χ1) is 10.7. The molecule has 2 aromatic rings. The highest BCUT2D eigenvalue weighted by Gasteiger charge is 2.25. The maximum Gasteiger partial charge on any atom is 0.323 e. The number of methoxy groups -OCH3 is 1. The van der Waals surface area contributed by atoms with E-state index >= 15 is 0 Å². The smallest absolute Gasteiger partial charge is 0.323 e. The molecule has 0 aliphatic rings. The van der Waals surface area contributed by atoms with Crippen LogP contribution in [0.3, 0.4) is 0 Å². The van der Waals surface area contributed by atoms with Crippen LogP contribution in [0.4, 0.5) is 0 Å². The minimum absolute atomic E-state index is 0.0756. The molecule has 1 unspecified atom stereocenters. The van der Waals surface area contributed by atoms with Gasteiger partial charge in [-0.3, -0.25) is 9.69 Å². The molecule has 23 heavy (non-hydrogen) atoms. The van der Waals surface area contributed by atoms with Gasteiger partial charge in [0.2, 0.25) is 0 Å². The van der Waals surface area contributed by atoms with E-state index < -0.39 is 0 Å². The molecule has 4 heteroatoms. The summed E-state index contributed by atoms with van der Waals surface area (Å²) in [5, 5.41) is 1.22. The molecular weight excluding hydrogens is 288 g/mol. The first-order valence-corrected chi connectivity index (χ1v) is 7.98. The van der Waals surface area contributed by atoms with Gasteiger partial charge in [0.15, 0.2) is 0 Å². The zero-order valence-corrected chi connectivity index (χ0v) is 15.3. The van der Waals surface area contributed by atoms with Crippen LogP contribution in [0.2, 0.25) is 0 Å². The Hall–Kier alpha value is -1.81. The van der Waals surface area contributed by atoms with Crippen molar-refractivity contribution >= 4 is 16.9 Å². The second kappa shape index (κ2) is 6.36. The average molecular weight is 316 g/mol. The monoisotopic (exact) mass is 316 g/mol. The van der Waals surface area contributed by atoms with Crippen molar-refractivity contribution in [1.29, 1.82) is 0 Å². The van der Waals surface area contributed by atoms with Crippen molar-refractivity contribution < 1.29 is 9.53 Å². The Bertz CT molecular complexity index is 708. The van der Waals surface area contributed by atoms with Gasteiger partial charge in [-0.2, -0.15) is 0 Å². The van der Waals surface area contributed by atoms with Crippen LogP contribution in [0.5, 0.6) is 0 Å². The van der Waals surface area contributed by atoms with E-state index in [9.17, 15) is 4.79 Å². The molecule has 126 valence electrons. The minimum atomic E-state index is -0.274. The topological polar surface area (TPSA) is 34.5 Å². The first-order valence-electron chi connectivity index (χ1n) is 7.98. The van der Waals surface area contributed by atoms with Gasteiger partial charge in [0.25, 0.3) is 0 Å². The molecule has 1 aromatic carbocycles. The van der Waals surface area contributed by atoms with Crippen molar-refractivity contribution in [2.24, 2.45) is 7.05 Å². The van der Waals surface area contributed by atoms with Crippen molar-refractivity contribution in [3.63, 3.8) is 0 Å². The zero-order valence-electron chi connectivity index (χ0n) is 15.3. The predicted octanol–water partition coefficient (Wildman–Crippen LogP) is 3.12. The summed E-state index contributed by atoms with van der Waals surface area (Å²) >= 11 is 0. The summed E-state index contributed by atoms with van der Waals surface area (Å²) < 4.78 is 7.13. The molecule has 0 fully saturated rings. The van der Waals surface area contributed by atoms with Crippen molar-refractivity contribution in [2.45, 2.75) is 38.6 Å². The molecular formula is C19H28N2O2. The van der Waals surface area contributed by atoms with Crippen molar-refractivity contribution in [3.8, 4) is 0 Å². The molecule has 0 radical (unpaired) electrons. The lowest BCUT2D eigenvalue weighted by atomic mass is 9.85. The molecule has 0 saturated heterocycles. The summed E-state index contributed by atoms with van der Waals surface area (Å²) in [7, 11) is 7.34. The van der Waals surface area contributed by atoms with Gasteiger partial charge in [-0.1, -0.05) is 39.0 Å². The number of esters is 1. The molecule has 0 saturated carbocycles. The summed E-state index contributed by atoms with van der Waals surface area (Å²) in [5.74, 6) is -0.195. The number of para-hydroxylation sites is 1. The lowest BCUT2D eigenvalue weighted by Gasteiger charge is -2.22. The van der Waals surface area contributed by atoms with Gasteiger partial charge in [-0.05, 0) is 30.6 Å². The Morgan fingerprint density at radius 3 is 2.48 bits per heavy atom. The molecule has 1 aromatic heterocycles. The summed E-state index contributed by atoms with van der Waals surface area (Å²) in [5.41, 5.74) is 3.82. The maximum atomic E-state index is 12.1. The van der Waals surface area contributed by atoms with Crippen molar-refractivity contribution in [1.82, 2.24) is 9.47 Å². The second-order valence-electron chi connectivity index (χ2n) is 7.42. The molecule has 2 rings (SSSR count). The SMILES string of the molecule is COC(=O)C(Cc1cn(C)c2c(C(C)(C)C)cccc12)N(C)C. The van der Waals surface area contributed by atoms with Crippen LogP contribution >= 0.6 is 0 Å². The Balaban J connectivity index is 2.53. The summed E-state index contributed by atoms with van der Waals surface area (Å²) in [6, 6.07) is 6.17. The predicted molar refractivity (Wildman–Crippen MR) is 94.8 cm³/mol. The van der Waals surface area contributed by atoms with Crippen LogP contribution < -0.4 is 0 Å². The normalized spacial score (nSPS) is 13.6. The molecule has 0 aliphatic heterocycles. The van der Waals surface area contributed by atoms with E-state index in [0.29, 0.717) is 6.42 Å². The minimum Gasteiger partial charge on any atom is -0.468 e. The summed E-state index contributed by atoms with van der Waals surface area (Å²) in [6.07, 6.45) is 2.78. The van der Waals surface area contributed by atoms with Gasteiger partial charge >= 0.3 is 5.97 Å². The number of hydrogen-bond acceptors (Lipinski definition) is 3. The number of fused-ring (bicyclic) bond motifs is 1. The highest BCUT2D eigenvalue weighted by molar-refractivity contribution is 5.88. The van der Waals surface area contributed by atoms with Gasteiger partial charge in [0.05, 0.1) is 12.6 Å². The number of rotatable bonds is 4. The number of nitrogens with zero attached hydrogens (tertiary/aromatic N) is 2. The van der Waals surface area contributed by atoms with E-state index in [2.05, 4.69) is 56.8 Å². The highest BCUT2D eigenvalue weighted by Crippen LogP contribution is 2.32. The fourth-order valence-corrected chi connectivity index (χ4v) is 3.14. The Labute approximate surface area is 139 Å². The van der Waals surface area contributed by atoms with Crippen molar-refractivity contribution in [2.75, 3.05) is 21.2 Å². The Morgan fingerprint density at radius 2 is 1.96 bits per heavy atom. The van der Waals surface area contributed by atoms with E-state index in [1.54, 1.807) is 0 Å². The fraction of sp³-hybridized carbons (Fsp3) is 0.526. The molecule has 1 heterocycles. The lowest BCUT2D eigenvalue weighted by molar-refractivity contribution is -0.145. The van der Waals surface area contributed by atoms with E-state index in [-0.39, 0.29) is 17.4 Å². The van der Waals surface area contributed by atoms with E-state index in [1.807, 2.05) is 19.0 Å². The number of likely N-dealkylation sites (N-methyl/N-ethyl adjacent to an activating group) is 1. The van der Waals surface area contributed by atoms with Crippen LogP contribution in [-0.2, 0) is 28.4 Å². The quantitative estimate of drug-likeness (QED) is 0.813. The third-order valence-corrected chi connectivity index (χ3v) is 4.40. The molecule has 0 spiro atoms. The summed E-state index contributed by atoms with van der Waals surface area (Å²) in [6.45, 7) is 6.68. The lowest BCUT2D eigenvalue weighted by Crippen LogP contribution is -2.38. The fourth-order valence-electron chi connectivity index (χ4n) is 3.14. The van der Waals surface area contributed by atoms with E-state index in [4.69, 9.17) is 4.74 Å². The molecule has 4 nitrogen and oxygen atoms in total. The van der Waals surface area contributed by atoms with Gasteiger partial charge in [-0.15, -0.1) is 0 Å². The van der Waals surface area contributed by atoms with Gasteiger partial charge in [0, 0.05) is 25.1 Å². The highest BCUT2D eigenvalue weighted by atomic mass is 16.5. The third-order valence-electron chi connectivity index (χ3n) is 4.40. The number of ether oxygens (including phenoxy) is 1. The maximum absolute atomic E-state index is 12.1. The molecule has 0 N–H and O–H groups in total. The number of carbonyl (C=O) groups is 1. The Morgan fingerprint density at radius 1 is 1.30 bits per heavy atom. The van der Waals surface area contributed by atoms with Gasteiger partial charge in [0.1, 0.15) is 6.04 Å². The average Bonchev–Trinajstić information content (AvgIpc) is 2.79. The second-order valence-corrected chi connectivity index (χ2v) is 7.42. The van der Waals surface area contributed by atoms with Crippen LogP contribution in [0.1, 0.15) is 31.9 Å². The van der Waals surface area contributed by atoms with Crippen LogP contribution in [0.25, 0.3) is 10.9 Å². The number of benzene rings is 1. The van der Waals surface area contributed by atoms with E-state index in [1.165, 1.54) is 29.1 Å². The van der Waals surface area contributed by atoms with Crippen molar-refractivity contribution in [3.05, 3.63) is 35.5 Å². The van der Waals surface area contributed by atoms with E-state index in [0.717, 1.165) is 0 Å². The number of carbonyl (C=O) groups excluding carboxylic acids is 1. The molecule has 0 bridgehead atoms. The zero-order chi connectivity index (χ0) is 17.4. The molecule has 0 aliphatic carbocycles. The van der Waals surface area contributed by atoms with Crippen LogP contribution in [0.15, 0.2) is 24.4 Å². The first kappa shape index (κ1) is 17.5. The Kier molecular flexibility index (Phi) is 4.85. The van der Waals surface area contributed by atoms with Crippen LogP contribution in [-0.4, -0.2) is 42.7 Å². The third kappa shape index (κ3) is 3.42. The summed E-state index contributed by atoms with van der Waals surface area (Å²) in [4.78, 5) is 14.0. The molecule has 0 amide bonds. The largest absolute Gasteiger partial charge is 0.468 e. The molecule has 1 atom stereocenters. The van der Waals surface area contributed by atoms with Gasteiger partial charge < -0.3 is 9.30 Å².